The fraction of sp³-hybridized carbons (Fsp3) is 0.273. The highest BCUT2D eigenvalue weighted by Gasteiger charge is 2.17. The molecule has 2 rings (SSSR count). The van der Waals surface area contributed by atoms with Gasteiger partial charge < -0.3 is 5.32 Å². The first kappa shape index (κ1) is 14.0. The van der Waals surface area contributed by atoms with E-state index in [1.165, 1.54) is 16.4 Å². The molecule has 0 aliphatic heterocycles. The van der Waals surface area contributed by atoms with Gasteiger partial charge in [0.15, 0.2) is 0 Å². The lowest BCUT2D eigenvalue weighted by Crippen LogP contribution is -2.22. The molecule has 1 aromatic carbocycles. The Kier molecular flexibility index (Phi) is 4.54. The summed E-state index contributed by atoms with van der Waals surface area (Å²) in [6.07, 6.45) is 0. The minimum Gasteiger partial charge on any atom is -0.325 e. The molecule has 0 bridgehead atoms. The SMILES string of the molecule is C[C@@H](Sc1nnnn1C)C(=O)Nc1cccc(Br)c1. The molecule has 100 valence electrons. The number of anilines is 1. The Bertz CT molecular complexity index is 588. The van der Waals surface area contributed by atoms with Crippen LogP contribution in [0.2, 0.25) is 0 Å². The Morgan fingerprint density at radius 3 is 2.95 bits per heavy atom. The molecular weight excluding hydrogens is 330 g/mol. The van der Waals surface area contributed by atoms with Gasteiger partial charge in [-0.25, -0.2) is 4.68 Å². The van der Waals surface area contributed by atoms with Crippen molar-refractivity contribution < 1.29 is 4.79 Å². The molecule has 0 aliphatic rings. The fourth-order valence-corrected chi connectivity index (χ4v) is 2.50. The molecule has 1 N–H and O–H groups in total. The molecular formula is C11H12BrN5OS. The van der Waals surface area contributed by atoms with Crippen LogP contribution in [0.15, 0.2) is 33.9 Å². The van der Waals surface area contributed by atoms with Gasteiger partial charge in [-0.3, -0.25) is 4.79 Å². The van der Waals surface area contributed by atoms with Crippen LogP contribution in [-0.4, -0.2) is 31.4 Å². The molecule has 2 aromatic rings. The minimum absolute atomic E-state index is 0.0916. The van der Waals surface area contributed by atoms with Crippen LogP contribution in [-0.2, 0) is 11.8 Å². The van der Waals surface area contributed by atoms with E-state index >= 15 is 0 Å². The maximum atomic E-state index is 12.0. The topological polar surface area (TPSA) is 72.7 Å². The highest BCUT2D eigenvalue weighted by molar-refractivity contribution is 9.10. The zero-order valence-electron chi connectivity index (χ0n) is 10.4. The Morgan fingerprint density at radius 2 is 2.32 bits per heavy atom. The predicted molar refractivity (Wildman–Crippen MR) is 76.9 cm³/mol. The van der Waals surface area contributed by atoms with Gasteiger partial charge in [-0.2, -0.15) is 0 Å². The standard InChI is InChI=1S/C11H12BrN5OS/c1-7(19-11-14-15-16-17(11)2)10(18)13-9-5-3-4-8(12)6-9/h3-7H,1-2H3,(H,13,18)/t7-/m1/s1. The van der Waals surface area contributed by atoms with Crippen molar-refractivity contribution in [3.8, 4) is 0 Å². The largest absolute Gasteiger partial charge is 0.325 e. The van der Waals surface area contributed by atoms with Gasteiger partial charge >= 0.3 is 0 Å². The van der Waals surface area contributed by atoms with Gasteiger partial charge in [0, 0.05) is 17.2 Å². The Morgan fingerprint density at radius 1 is 1.53 bits per heavy atom. The van der Waals surface area contributed by atoms with Crippen molar-refractivity contribution in [2.75, 3.05) is 5.32 Å². The Hall–Kier alpha value is -1.41. The van der Waals surface area contributed by atoms with Gasteiger partial charge in [0.1, 0.15) is 0 Å². The second-order valence-electron chi connectivity index (χ2n) is 3.84. The Labute approximate surface area is 123 Å². The van der Waals surface area contributed by atoms with E-state index in [2.05, 4.69) is 36.8 Å². The zero-order valence-corrected chi connectivity index (χ0v) is 12.8. The number of amides is 1. The zero-order chi connectivity index (χ0) is 13.8. The molecule has 1 atom stereocenters. The van der Waals surface area contributed by atoms with Crippen molar-refractivity contribution in [3.05, 3.63) is 28.7 Å². The van der Waals surface area contributed by atoms with Crippen LogP contribution >= 0.6 is 27.7 Å². The van der Waals surface area contributed by atoms with Crippen molar-refractivity contribution in [1.29, 1.82) is 0 Å². The first-order valence-electron chi connectivity index (χ1n) is 5.51. The average molecular weight is 342 g/mol. The summed E-state index contributed by atoms with van der Waals surface area (Å²) in [5.41, 5.74) is 0.753. The molecule has 0 saturated heterocycles. The minimum atomic E-state index is -0.288. The monoisotopic (exact) mass is 341 g/mol. The highest BCUT2D eigenvalue weighted by atomic mass is 79.9. The van der Waals surface area contributed by atoms with E-state index in [-0.39, 0.29) is 11.2 Å². The van der Waals surface area contributed by atoms with Crippen LogP contribution in [0.1, 0.15) is 6.92 Å². The molecule has 19 heavy (non-hydrogen) atoms. The summed E-state index contributed by atoms with van der Waals surface area (Å²) in [6.45, 7) is 1.81. The fourth-order valence-electron chi connectivity index (χ4n) is 1.34. The second kappa shape index (κ2) is 6.16. The summed E-state index contributed by atoms with van der Waals surface area (Å²) in [6, 6.07) is 7.45. The maximum absolute atomic E-state index is 12.0. The molecule has 1 heterocycles. The summed E-state index contributed by atoms with van der Waals surface area (Å²) < 4.78 is 2.45. The first-order valence-corrected chi connectivity index (χ1v) is 7.19. The third kappa shape index (κ3) is 3.77. The van der Waals surface area contributed by atoms with E-state index in [1.54, 1.807) is 7.05 Å². The van der Waals surface area contributed by atoms with E-state index in [9.17, 15) is 4.79 Å². The number of thioether (sulfide) groups is 1. The third-order valence-corrected chi connectivity index (χ3v) is 3.94. The number of nitrogens with zero attached hydrogens (tertiary/aromatic N) is 4. The molecule has 0 fully saturated rings. The lowest BCUT2D eigenvalue weighted by Gasteiger charge is -2.11. The van der Waals surface area contributed by atoms with E-state index in [0.717, 1.165) is 10.2 Å². The van der Waals surface area contributed by atoms with Crippen LogP contribution in [0.25, 0.3) is 0 Å². The number of aryl methyl sites for hydroxylation is 1. The number of hydrogen-bond donors (Lipinski definition) is 1. The number of nitrogens with one attached hydrogen (secondary N) is 1. The van der Waals surface area contributed by atoms with Crippen LogP contribution < -0.4 is 5.32 Å². The summed E-state index contributed by atoms with van der Waals surface area (Å²) in [5.74, 6) is -0.0916. The van der Waals surface area contributed by atoms with Crippen LogP contribution in [0.4, 0.5) is 5.69 Å². The number of rotatable bonds is 4. The molecule has 0 spiro atoms. The van der Waals surface area contributed by atoms with E-state index in [1.807, 2.05) is 31.2 Å². The molecule has 1 amide bonds. The van der Waals surface area contributed by atoms with Gasteiger partial charge in [-0.1, -0.05) is 33.8 Å². The van der Waals surface area contributed by atoms with E-state index in [4.69, 9.17) is 0 Å². The summed E-state index contributed by atoms with van der Waals surface area (Å²) in [4.78, 5) is 12.0. The van der Waals surface area contributed by atoms with Gasteiger partial charge in [0.2, 0.25) is 11.1 Å². The number of carbonyl (C=O) groups is 1. The van der Waals surface area contributed by atoms with Crippen molar-refractivity contribution in [2.45, 2.75) is 17.3 Å². The smallest absolute Gasteiger partial charge is 0.237 e. The van der Waals surface area contributed by atoms with Gasteiger partial charge in [0.05, 0.1) is 5.25 Å². The maximum Gasteiger partial charge on any atom is 0.237 e. The van der Waals surface area contributed by atoms with E-state index < -0.39 is 0 Å². The number of aromatic nitrogens is 4. The molecule has 0 radical (unpaired) electrons. The lowest BCUT2D eigenvalue weighted by atomic mass is 10.3. The number of tetrazole rings is 1. The molecule has 8 heteroatoms. The van der Waals surface area contributed by atoms with E-state index in [0.29, 0.717) is 5.16 Å². The summed E-state index contributed by atoms with van der Waals surface area (Å²) in [5, 5.41) is 14.3. The van der Waals surface area contributed by atoms with Crippen LogP contribution in [0.5, 0.6) is 0 Å². The van der Waals surface area contributed by atoms with Crippen molar-refractivity contribution >= 4 is 39.3 Å². The molecule has 6 nitrogen and oxygen atoms in total. The molecule has 0 unspecified atom stereocenters. The Balaban J connectivity index is 1.98. The number of benzene rings is 1. The van der Waals surface area contributed by atoms with Crippen LogP contribution in [0.3, 0.4) is 0 Å². The third-order valence-electron chi connectivity index (χ3n) is 2.32. The quantitative estimate of drug-likeness (QED) is 0.862. The average Bonchev–Trinajstić information content (AvgIpc) is 2.75. The number of hydrogen-bond acceptors (Lipinski definition) is 5. The van der Waals surface area contributed by atoms with Crippen molar-refractivity contribution in [1.82, 2.24) is 20.2 Å². The van der Waals surface area contributed by atoms with Crippen molar-refractivity contribution in [2.24, 2.45) is 7.05 Å². The lowest BCUT2D eigenvalue weighted by molar-refractivity contribution is -0.115. The number of halogens is 1. The normalized spacial score (nSPS) is 12.2. The van der Waals surface area contributed by atoms with Crippen LogP contribution in [0, 0.1) is 0 Å². The van der Waals surface area contributed by atoms with Gasteiger partial charge in [0.25, 0.3) is 0 Å². The van der Waals surface area contributed by atoms with Crippen molar-refractivity contribution in [3.63, 3.8) is 0 Å². The summed E-state index contributed by atoms with van der Waals surface area (Å²) >= 11 is 4.67. The molecule has 0 aliphatic carbocycles. The molecule has 1 aromatic heterocycles. The van der Waals surface area contributed by atoms with Gasteiger partial charge in [-0.15, -0.1) is 5.10 Å². The number of carbonyl (C=O) groups excluding carboxylic acids is 1. The second-order valence-corrected chi connectivity index (χ2v) is 6.07. The summed E-state index contributed by atoms with van der Waals surface area (Å²) in [7, 11) is 1.74. The van der Waals surface area contributed by atoms with Gasteiger partial charge in [-0.05, 0) is 35.5 Å². The highest BCUT2D eigenvalue weighted by Crippen LogP contribution is 2.21. The molecule has 0 saturated carbocycles. The predicted octanol–water partition coefficient (Wildman–Crippen LogP) is 2.09. The first-order chi connectivity index (χ1) is 9.06.